The zero-order valence-electron chi connectivity index (χ0n) is 12.3. The first-order valence-corrected chi connectivity index (χ1v) is 7.65. The summed E-state index contributed by atoms with van der Waals surface area (Å²) in [5.74, 6) is 0.245. The molecule has 1 N–H and O–H groups in total. The van der Waals surface area contributed by atoms with Crippen LogP contribution in [0.1, 0.15) is 38.3 Å². The molecular weight excluding hydrogens is 254 g/mol. The highest BCUT2D eigenvalue weighted by Gasteiger charge is 2.28. The molecule has 5 nitrogen and oxygen atoms in total. The maximum Gasteiger partial charge on any atom is 0.226 e. The number of carbonyl (C=O) groups excluding carboxylic acids is 1. The Morgan fingerprint density at radius 2 is 2.35 bits per heavy atom. The molecule has 5 heteroatoms. The number of aliphatic hydroxyl groups excluding tert-OH is 1. The molecule has 0 radical (unpaired) electrons. The van der Waals surface area contributed by atoms with Crippen molar-refractivity contribution in [1.29, 1.82) is 0 Å². The van der Waals surface area contributed by atoms with Crippen LogP contribution in [-0.2, 0) is 17.8 Å². The van der Waals surface area contributed by atoms with Crippen LogP contribution in [0.25, 0.3) is 0 Å². The van der Waals surface area contributed by atoms with Gasteiger partial charge in [-0.25, -0.2) is 4.98 Å². The molecule has 1 aromatic rings. The lowest BCUT2D eigenvalue weighted by molar-refractivity contribution is -0.136. The predicted octanol–water partition coefficient (Wildman–Crippen LogP) is 1.46. The molecule has 0 spiro atoms. The molecule has 0 fully saturated rings. The molecule has 1 amide bonds. The van der Waals surface area contributed by atoms with Gasteiger partial charge in [-0.1, -0.05) is 19.8 Å². The summed E-state index contributed by atoms with van der Waals surface area (Å²) in [5.41, 5.74) is 1.15. The fourth-order valence-electron chi connectivity index (χ4n) is 2.84. The number of unbranched alkanes of at least 4 members (excludes halogenated alkanes) is 2. The molecule has 0 aromatic carbocycles. The number of aromatic nitrogens is 2. The van der Waals surface area contributed by atoms with Crippen LogP contribution < -0.4 is 0 Å². The zero-order chi connectivity index (χ0) is 14.4. The van der Waals surface area contributed by atoms with E-state index >= 15 is 0 Å². The Kier molecular flexibility index (Phi) is 5.59. The lowest BCUT2D eigenvalue weighted by Gasteiger charge is -2.29. The standard InChI is InChI=1S/C15H25N3O2/c1-2-3-4-6-17(8-9-19)15(20)13-5-7-18-12-16-11-14(18)10-13/h11-13,19H,2-10H2,1H3. The highest BCUT2D eigenvalue weighted by Crippen LogP contribution is 2.22. The number of nitrogens with zero attached hydrogens (tertiary/aromatic N) is 3. The molecule has 1 unspecified atom stereocenters. The van der Waals surface area contributed by atoms with Gasteiger partial charge in [-0.05, 0) is 12.8 Å². The van der Waals surface area contributed by atoms with Crippen molar-refractivity contribution in [3.05, 3.63) is 18.2 Å². The summed E-state index contributed by atoms with van der Waals surface area (Å²) in [6.07, 6.45) is 8.63. The molecule has 1 aromatic heterocycles. The number of hydrogen-bond acceptors (Lipinski definition) is 3. The molecule has 0 aliphatic carbocycles. The summed E-state index contributed by atoms with van der Waals surface area (Å²) in [4.78, 5) is 18.6. The zero-order valence-corrected chi connectivity index (χ0v) is 12.3. The fraction of sp³-hybridized carbons (Fsp3) is 0.733. The van der Waals surface area contributed by atoms with Gasteiger partial charge in [-0.3, -0.25) is 4.79 Å². The Morgan fingerprint density at radius 3 is 3.10 bits per heavy atom. The molecule has 1 aliphatic heterocycles. The van der Waals surface area contributed by atoms with Crippen LogP contribution in [0.3, 0.4) is 0 Å². The fourth-order valence-corrected chi connectivity index (χ4v) is 2.84. The van der Waals surface area contributed by atoms with Gasteiger partial charge in [-0.15, -0.1) is 0 Å². The van der Waals surface area contributed by atoms with Crippen molar-refractivity contribution >= 4 is 5.91 Å². The van der Waals surface area contributed by atoms with Gasteiger partial charge in [0.1, 0.15) is 0 Å². The molecule has 0 bridgehead atoms. The summed E-state index contributed by atoms with van der Waals surface area (Å²) in [6, 6.07) is 0. The third-order valence-corrected chi connectivity index (χ3v) is 4.03. The van der Waals surface area contributed by atoms with Crippen LogP contribution in [0.5, 0.6) is 0 Å². The van der Waals surface area contributed by atoms with Gasteiger partial charge in [0.15, 0.2) is 0 Å². The number of amides is 1. The van der Waals surface area contributed by atoms with Gasteiger partial charge in [0, 0.05) is 43.9 Å². The van der Waals surface area contributed by atoms with Crippen LogP contribution in [0.4, 0.5) is 0 Å². The molecule has 1 atom stereocenters. The minimum Gasteiger partial charge on any atom is -0.395 e. The number of imidazole rings is 1. The summed E-state index contributed by atoms with van der Waals surface area (Å²) in [7, 11) is 0. The first-order chi connectivity index (χ1) is 9.76. The van der Waals surface area contributed by atoms with Gasteiger partial charge < -0.3 is 14.6 Å². The van der Waals surface area contributed by atoms with E-state index in [-0.39, 0.29) is 18.4 Å². The number of aliphatic hydroxyl groups is 1. The van der Waals surface area contributed by atoms with Gasteiger partial charge >= 0.3 is 0 Å². The van der Waals surface area contributed by atoms with Crippen LogP contribution in [0, 0.1) is 5.92 Å². The minimum absolute atomic E-state index is 0.0442. The average molecular weight is 279 g/mol. The molecule has 2 heterocycles. The first kappa shape index (κ1) is 15.0. The molecule has 112 valence electrons. The second-order valence-corrected chi connectivity index (χ2v) is 5.52. The lowest BCUT2D eigenvalue weighted by atomic mass is 9.94. The average Bonchev–Trinajstić information content (AvgIpc) is 2.93. The maximum absolute atomic E-state index is 12.6. The van der Waals surface area contributed by atoms with E-state index in [0.29, 0.717) is 6.54 Å². The summed E-state index contributed by atoms with van der Waals surface area (Å²) >= 11 is 0. The van der Waals surface area contributed by atoms with Gasteiger partial charge in [0.2, 0.25) is 5.91 Å². The predicted molar refractivity (Wildman–Crippen MR) is 77.2 cm³/mol. The first-order valence-electron chi connectivity index (χ1n) is 7.65. The largest absolute Gasteiger partial charge is 0.395 e. The van der Waals surface area contributed by atoms with E-state index in [1.54, 1.807) is 0 Å². The number of aryl methyl sites for hydroxylation is 1. The van der Waals surface area contributed by atoms with Crippen molar-refractivity contribution in [2.45, 2.75) is 45.6 Å². The van der Waals surface area contributed by atoms with E-state index in [0.717, 1.165) is 50.9 Å². The van der Waals surface area contributed by atoms with Gasteiger partial charge in [0.25, 0.3) is 0 Å². The SMILES string of the molecule is CCCCCN(CCO)C(=O)C1CCn2cncc2C1. The summed E-state index contributed by atoms with van der Waals surface area (Å²) in [5, 5.41) is 9.16. The second kappa shape index (κ2) is 7.43. The summed E-state index contributed by atoms with van der Waals surface area (Å²) < 4.78 is 2.12. The Bertz CT molecular complexity index is 431. The van der Waals surface area contributed by atoms with E-state index in [1.807, 2.05) is 17.4 Å². The van der Waals surface area contributed by atoms with E-state index in [2.05, 4.69) is 16.5 Å². The van der Waals surface area contributed by atoms with Crippen molar-refractivity contribution in [2.75, 3.05) is 19.7 Å². The Hall–Kier alpha value is -1.36. The Labute approximate surface area is 120 Å². The maximum atomic E-state index is 12.6. The minimum atomic E-state index is 0.0442. The monoisotopic (exact) mass is 279 g/mol. The van der Waals surface area contributed by atoms with E-state index in [1.165, 1.54) is 0 Å². The number of rotatable bonds is 7. The quantitative estimate of drug-likeness (QED) is 0.769. The normalized spacial score (nSPS) is 17.8. The highest BCUT2D eigenvalue weighted by molar-refractivity contribution is 5.79. The number of carbonyl (C=O) groups is 1. The van der Waals surface area contributed by atoms with Crippen LogP contribution in [-0.4, -0.2) is 45.2 Å². The smallest absolute Gasteiger partial charge is 0.226 e. The van der Waals surface area contributed by atoms with Crippen molar-refractivity contribution in [2.24, 2.45) is 5.92 Å². The van der Waals surface area contributed by atoms with E-state index < -0.39 is 0 Å². The molecule has 2 rings (SSSR count). The molecule has 0 saturated heterocycles. The number of fused-ring (bicyclic) bond motifs is 1. The van der Waals surface area contributed by atoms with Gasteiger partial charge in [0.05, 0.1) is 12.9 Å². The van der Waals surface area contributed by atoms with Crippen LogP contribution >= 0.6 is 0 Å². The van der Waals surface area contributed by atoms with Crippen LogP contribution in [0.2, 0.25) is 0 Å². The Balaban J connectivity index is 1.93. The van der Waals surface area contributed by atoms with Crippen molar-refractivity contribution in [3.8, 4) is 0 Å². The third kappa shape index (κ3) is 3.60. The van der Waals surface area contributed by atoms with Crippen molar-refractivity contribution in [3.63, 3.8) is 0 Å². The highest BCUT2D eigenvalue weighted by atomic mass is 16.3. The topological polar surface area (TPSA) is 58.4 Å². The van der Waals surface area contributed by atoms with E-state index in [9.17, 15) is 4.79 Å². The molecule has 20 heavy (non-hydrogen) atoms. The van der Waals surface area contributed by atoms with Crippen molar-refractivity contribution < 1.29 is 9.90 Å². The molecule has 0 saturated carbocycles. The summed E-state index contributed by atoms with van der Waals surface area (Å²) in [6.45, 7) is 4.29. The van der Waals surface area contributed by atoms with Crippen LogP contribution in [0.15, 0.2) is 12.5 Å². The van der Waals surface area contributed by atoms with Gasteiger partial charge in [-0.2, -0.15) is 0 Å². The van der Waals surface area contributed by atoms with Crippen molar-refractivity contribution in [1.82, 2.24) is 14.5 Å². The lowest BCUT2D eigenvalue weighted by Crippen LogP contribution is -2.41. The molecular formula is C15H25N3O2. The second-order valence-electron chi connectivity index (χ2n) is 5.52. The third-order valence-electron chi connectivity index (χ3n) is 4.03. The molecule has 1 aliphatic rings. The number of hydrogen-bond donors (Lipinski definition) is 1. The van der Waals surface area contributed by atoms with E-state index in [4.69, 9.17) is 5.11 Å². The Morgan fingerprint density at radius 1 is 1.50 bits per heavy atom.